The Morgan fingerprint density at radius 2 is 2.29 bits per heavy atom. The van der Waals surface area contributed by atoms with Gasteiger partial charge in [0, 0.05) is 19.1 Å². The van der Waals surface area contributed by atoms with Crippen molar-refractivity contribution in [2.24, 2.45) is 17.6 Å². The Bertz CT molecular complexity index is 330. The number of amides is 1. The average Bonchev–Trinajstić information content (AvgIpc) is 2.69. The summed E-state index contributed by atoms with van der Waals surface area (Å²) >= 11 is 0. The van der Waals surface area contributed by atoms with E-state index in [1.165, 1.54) is 0 Å². The van der Waals surface area contributed by atoms with Crippen LogP contribution < -0.4 is 5.73 Å². The first-order valence-electron chi connectivity index (χ1n) is 6.14. The third-order valence-corrected chi connectivity index (χ3v) is 2.82. The van der Waals surface area contributed by atoms with Crippen molar-refractivity contribution in [1.82, 2.24) is 4.90 Å². The number of hydrogen-bond donors (Lipinski definition) is 1. The predicted octanol–water partition coefficient (Wildman–Crippen LogP) is 1.29. The van der Waals surface area contributed by atoms with Gasteiger partial charge < -0.3 is 10.6 Å². The maximum atomic E-state index is 12.2. The van der Waals surface area contributed by atoms with Crippen molar-refractivity contribution in [3.05, 3.63) is 12.2 Å². The molecule has 1 amide bonds. The van der Waals surface area contributed by atoms with Crippen LogP contribution in [0.5, 0.6) is 0 Å². The molecule has 0 aromatic rings. The second kappa shape index (κ2) is 6.41. The molecule has 4 heteroatoms. The van der Waals surface area contributed by atoms with E-state index in [4.69, 9.17) is 11.0 Å². The summed E-state index contributed by atoms with van der Waals surface area (Å²) in [5.74, 6) is 0.428. The van der Waals surface area contributed by atoms with Crippen LogP contribution in [0, 0.1) is 23.2 Å². The summed E-state index contributed by atoms with van der Waals surface area (Å²) in [4.78, 5) is 14.0. The van der Waals surface area contributed by atoms with Crippen LogP contribution in [0.15, 0.2) is 12.2 Å². The lowest BCUT2D eigenvalue weighted by Gasteiger charge is -2.26. The largest absolute Gasteiger partial charge is 0.341 e. The molecule has 0 fully saturated rings. The number of carbonyl (C=O) groups is 1. The van der Waals surface area contributed by atoms with Gasteiger partial charge in [-0.15, -0.1) is 0 Å². The molecule has 2 N–H and O–H groups in total. The summed E-state index contributed by atoms with van der Waals surface area (Å²) in [5.41, 5.74) is 5.75. The number of nitrogens with zero attached hydrogens (tertiary/aromatic N) is 2. The Labute approximate surface area is 103 Å². The molecule has 0 bridgehead atoms. The maximum Gasteiger partial charge on any atom is 0.229 e. The molecule has 1 aliphatic rings. The van der Waals surface area contributed by atoms with E-state index in [9.17, 15) is 4.79 Å². The summed E-state index contributed by atoms with van der Waals surface area (Å²) in [6, 6.07) is 2.09. The molecular weight excluding hydrogens is 214 g/mol. The highest BCUT2D eigenvalue weighted by Gasteiger charge is 2.27. The van der Waals surface area contributed by atoms with Gasteiger partial charge in [0.15, 0.2) is 0 Å². The molecule has 0 aromatic heterocycles. The van der Waals surface area contributed by atoms with Crippen molar-refractivity contribution >= 4 is 5.91 Å². The van der Waals surface area contributed by atoms with Crippen LogP contribution in [-0.4, -0.2) is 29.9 Å². The van der Waals surface area contributed by atoms with Gasteiger partial charge in [-0.3, -0.25) is 4.79 Å². The normalized spacial score (nSPS) is 22.8. The van der Waals surface area contributed by atoms with E-state index >= 15 is 0 Å². The molecule has 2 atom stereocenters. The maximum absolute atomic E-state index is 12.2. The van der Waals surface area contributed by atoms with E-state index in [0.29, 0.717) is 31.8 Å². The molecular formula is C13H21N3O. The van der Waals surface area contributed by atoms with Gasteiger partial charge in [-0.05, 0) is 12.3 Å². The number of carbonyl (C=O) groups excluding carboxylic acids is 1. The second-order valence-corrected chi connectivity index (χ2v) is 4.98. The van der Waals surface area contributed by atoms with Crippen molar-refractivity contribution in [3.63, 3.8) is 0 Å². The lowest BCUT2D eigenvalue weighted by Crippen LogP contribution is -2.39. The Morgan fingerprint density at radius 3 is 2.76 bits per heavy atom. The molecule has 0 heterocycles. The van der Waals surface area contributed by atoms with Crippen molar-refractivity contribution in [1.29, 1.82) is 5.26 Å². The fraction of sp³-hybridized carbons (Fsp3) is 0.692. The molecule has 17 heavy (non-hydrogen) atoms. The van der Waals surface area contributed by atoms with Gasteiger partial charge >= 0.3 is 0 Å². The zero-order valence-electron chi connectivity index (χ0n) is 10.6. The summed E-state index contributed by atoms with van der Waals surface area (Å²) in [7, 11) is 0. The van der Waals surface area contributed by atoms with E-state index < -0.39 is 0 Å². The molecule has 0 saturated carbocycles. The van der Waals surface area contributed by atoms with E-state index in [-0.39, 0.29) is 17.9 Å². The van der Waals surface area contributed by atoms with Gasteiger partial charge in [-0.1, -0.05) is 26.0 Å². The number of rotatable bonds is 5. The summed E-state index contributed by atoms with van der Waals surface area (Å²) in [6.07, 6.45) is 4.87. The van der Waals surface area contributed by atoms with E-state index in [1.807, 2.05) is 12.2 Å². The zero-order chi connectivity index (χ0) is 12.8. The first-order valence-corrected chi connectivity index (χ1v) is 6.14. The quantitative estimate of drug-likeness (QED) is 0.730. The number of hydrogen-bond acceptors (Lipinski definition) is 3. The van der Waals surface area contributed by atoms with Gasteiger partial charge in [-0.2, -0.15) is 5.26 Å². The highest BCUT2D eigenvalue weighted by molar-refractivity contribution is 5.81. The Kier molecular flexibility index (Phi) is 5.17. The van der Waals surface area contributed by atoms with Crippen molar-refractivity contribution in [2.75, 3.05) is 13.1 Å². The highest BCUT2D eigenvalue weighted by Crippen LogP contribution is 2.19. The predicted molar refractivity (Wildman–Crippen MR) is 66.9 cm³/mol. The molecule has 0 radical (unpaired) electrons. The van der Waals surface area contributed by atoms with Gasteiger partial charge in [0.05, 0.1) is 18.4 Å². The van der Waals surface area contributed by atoms with E-state index in [1.54, 1.807) is 4.90 Å². The molecule has 1 rings (SSSR count). The van der Waals surface area contributed by atoms with E-state index in [2.05, 4.69) is 19.9 Å². The van der Waals surface area contributed by atoms with Crippen LogP contribution in [-0.2, 0) is 4.79 Å². The zero-order valence-corrected chi connectivity index (χ0v) is 10.6. The molecule has 0 saturated heterocycles. The topological polar surface area (TPSA) is 70.1 Å². The van der Waals surface area contributed by atoms with Crippen LogP contribution in [0.2, 0.25) is 0 Å². The Hall–Kier alpha value is -1.34. The monoisotopic (exact) mass is 235 g/mol. The summed E-state index contributed by atoms with van der Waals surface area (Å²) in [5, 5.41) is 8.62. The Balaban J connectivity index is 2.59. The Morgan fingerprint density at radius 1 is 1.59 bits per heavy atom. The van der Waals surface area contributed by atoms with Crippen molar-refractivity contribution in [2.45, 2.75) is 32.7 Å². The summed E-state index contributed by atoms with van der Waals surface area (Å²) in [6.45, 7) is 5.37. The lowest BCUT2D eigenvalue weighted by atomic mass is 10.1. The lowest BCUT2D eigenvalue weighted by molar-refractivity contribution is -0.134. The summed E-state index contributed by atoms with van der Waals surface area (Å²) < 4.78 is 0. The first-order chi connectivity index (χ1) is 8.04. The highest BCUT2D eigenvalue weighted by atomic mass is 16.2. The van der Waals surface area contributed by atoms with Gasteiger partial charge in [0.25, 0.3) is 0 Å². The van der Waals surface area contributed by atoms with Gasteiger partial charge in [-0.25, -0.2) is 0 Å². The van der Waals surface area contributed by atoms with Crippen LogP contribution in [0.1, 0.15) is 26.7 Å². The fourth-order valence-electron chi connectivity index (χ4n) is 2.06. The van der Waals surface area contributed by atoms with Gasteiger partial charge in [0.1, 0.15) is 0 Å². The number of nitrogens with two attached hydrogens (primary N) is 1. The minimum Gasteiger partial charge on any atom is -0.341 e. The second-order valence-electron chi connectivity index (χ2n) is 4.98. The molecule has 1 aliphatic carbocycles. The van der Waals surface area contributed by atoms with Crippen LogP contribution in [0.4, 0.5) is 0 Å². The molecule has 0 aliphatic heterocycles. The van der Waals surface area contributed by atoms with Gasteiger partial charge in [0.2, 0.25) is 5.91 Å². The van der Waals surface area contributed by atoms with Crippen molar-refractivity contribution < 1.29 is 4.79 Å². The molecule has 4 nitrogen and oxygen atoms in total. The smallest absolute Gasteiger partial charge is 0.229 e. The molecule has 0 aromatic carbocycles. The van der Waals surface area contributed by atoms with Crippen LogP contribution in [0.3, 0.4) is 0 Å². The van der Waals surface area contributed by atoms with Crippen molar-refractivity contribution in [3.8, 4) is 6.07 Å². The average molecular weight is 235 g/mol. The standard InChI is InChI=1S/C13H21N3O/c1-10(2)9-16(7-3-6-14)13(17)11-4-5-12(15)8-11/h4-5,10-12H,3,7-9,15H2,1-2H3. The fourth-order valence-corrected chi connectivity index (χ4v) is 2.06. The molecule has 2 unspecified atom stereocenters. The molecule has 94 valence electrons. The molecule has 0 spiro atoms. The third-order valence-electron chi connectivity index (χ3n) is 2.82. The minimum absolute atomic E-state index is 0.000756. The minimum atomic E-state index is -0.0950. The first kappa shape index (κ1) is 13.7. The van der Waals surface area contributed by atoms with E-state index in [0.717, 1.165) is 0 Å². The van der Waals surface area contributed by atoms with Crippen LogP contribution >= 0.6 is 0 Å². The third kappa shape index (κ3) is 4.20. The van der Waals surface area contributed by atoms with Crippen LogP contribution in [0.25, 0.3) is 0 Å². The number of nitriles is 1. The SMILES string of the molecule is CC(C)CN(CCC#N)C(=O)C1C=CC(N)C1.